The van der Waals surface area contributed by atoms with Gasteiger partial charge in [0, 0.05) is 16.3 Å². The van der Waals surface area contributed by atoms with E-state index >= 15 is 0 Å². The average Bonchev–Trinajstić information content (AvgIpc) is 2.19. The van der Waals surface area contributed by atoms with Gasteiger partial charge in [0.25, 0.3) is 0 Å². The van der Waals surface area contributed by atoms with E-state index in [0.717, 1.165) is 23.4 Å². The van der Waals surface area contributed by atoms with E-state index in [0.29, 0.717) is 0 Å². The van der Waals surface area contributed by atoms with Crippen LogP contribution in [0.2, 0.25) is 0 Å². The molecule has 1 rings (SSSR count). The fraction of sp³-hybridized carbons (Fsp3) is 0.333. The summed E-state index contributed by atoms with van der Waals surface area (Å²) in [4.78, 5) is 1.27. The van der Waals surface area contributed by atoms with Gasteiger partial charge in [0.1, 0.15) is 0 Å². The maximum atomic E-state index is 5.74. The molecule has 0 fully saturated rings. The summed E-state index contributed by atoms with van der Waals surface area (Å²) >= 11 is 1.82. The topological polar surface area (TPSA) is 26.0 Å². The van der Waals surface area contributed by atoms with Gasteiger partial charge in [0.2, 0.25) is 0 Å². The van der Waals surface area contributed by atoms with E-state index in [1.165, 1.54) is 10.5 Å². The molecular weight excluding hydrogens is 190 g/mol. The number of nitrogens with two attached hydrogens (primary N) is 1. The quantitative estimate of drug-likeness (QED) is 0.463. The Labute approximate surface area is 90.4 Å². The van der Waals surface area contributed by atoms with Gasteiger partial charge in [-0.25, -0.2) is 0 Å². The van der Waals surface area contributed by atoms with E-state index in [9.17, 15) is 0 Å². The number of hydrogen-bond donors (Lipinski definition) is 1. The van der Waals surface area contributed by atoms with Crippen LogP contribution in [0, 0.1) is 6.92 Å². The number of hydrogen-bond acceptors (Lipinski definition) is 2. The van der Waals surface area contributed by atoms with Crippen LogP contribution < -0.4 is 5.73 Å². The van der Waals surface area contributed by atoms with Gasteiger partial charge in [0.05, 0.1) is 0 Å². The van der Waals surface area contributed by atoms with Crippen molar-refractivity contribution in [3.05, 3.63) is 35.9 Å². The number of nitrogen functional groups attached to an aromatic ring is 1. The summed E-state index contributed by atoms with van der Waals surface area (Å²) in [6.07, 6.45) is 1.06. The van der Waals surface area contributed by atoms with E-state index in [4.69, 9.17) is 5.73 Å². The maximum absolute atomic E-state index is 5.74. The molecule has 0 aromatic heterocycles. The van der Waals surface area contributed by atoms with Crippen LogP contribution in [0.15, 0.2) is 35.2 Å². The van der Waals surface area contributed by atoms with Crippen LogP contribution in [0.1, 0.15) is 18.9 Å². The molecule has 0 amide bonds. The first-order chi connectivity index (χ1) is 6.63. The highest BCUT2D eigenvalue weighted by Crippen LogP contribution is 2.24. The van der Waals surface area contributed by atoms with Gasteiger partial charge >= 0.3 is 0 Å². The molecule has 2 N–H and O–H groups in total. The fourth-order valence-corrected chi connectivity index (χ4v) is 2.02. The Morgan fingerprint density at radius 3 is 2.79 bits per heavy atom. The number of rotatable bonds is 4. The van der Waals surface area contributed by atoms with Crippen LogP contribution in [0.5, 0.6) is 0 Å². The predicted octanol–water partition coefficient (Wildman–Crippen LogP) is 3.64. The lowest BCUT2D eigenvalue weighted by Gasteiger charge is -2.05. The van der Waals surface area contributed by atoms with Gasteiger partial charge in [-0.1, -0.05) is 19.1 Å². The van der Waals surface area contributed by atoms with E-state index in [1.54, 1.807) is 0 Å². The number of thioether (sulfide) groups is 1. The van der Waals surface area contributed by atoms with Crippen LogP contribution in [-0.4, -0.2) is 5.75 Å². The second-order valence-electron chi connectivity index (χ2n) is 3.41. The minimum Gasteiger partial charge on any atom is -0.399 e. The summed E-state index contributed by atoms with van der Waals surface area (Å²) < 4.78 is 0. The van der Waals surface area contributed by atoms with Gasteiger partial charge in [-0.15, -0.1) is 11.8 Å². The summed E-state index contributed by atoms with van der Waals surface area (Å²) in [6, 6.07) is 6.16. The second kappa shape index (κ2) is 5.11. The van der Waals surface area contributed by atoms with Crippen molar-refractivity contribution in [2.75, 3.05) is 11.5 Å². The number of anilines is 1. The Morgan fingerprint density at radius 1 is 1.50 bits per heavy atom. The highest BCUT2D eigenvalue weighted by molar-refractivity contribution is 7.99. The minimum absolute atomic E-state index is 0.865. The van der Waals surface area contributed by atoms with Crippen molar-refractivity contribution in [2.24, 2.45) is 0 Å². The molecule has 1 nitrogen and oxygen atoms in total. The molecular formula is C12H17NS. The smallest absolute Gasteiger partial charge is 0.0344 e. The minimum atomic E-state index is 0.865. The van der Waals surface area contributed by atoms with Crippen LogP contribution in [0.3, 0.4) is 0 Å². The molecule has 1 aromatic rings. The predicted molar refractivity (Wildman–Crippen MR) is 65.7 cm³/mol. The van der Waals surface area contributed by atoms with Crippen molar-refractivity contribution in [3.63, 3.8) is 0 Å². The summed E-state index contributed by atoms with van der Waals surface area (Å²) in [6.45, 7) is 8.15. The summed E-state index contributed by atoms with van der Waals surface area (Å²) in [5.74, 6) is 1.000. The maximum Gasteiger partial charge on any atom is 0.0344 e. The van der Waals surface area contributed by atoms with Crippen LogP contribution in [0.4, 0.5) is 5.69 Å². The molecule has 0 radical (unpaired) electrons. The molecule has 0 aliphatic rings. The molecule has 0 saturated heterocycles. The van der Waals surface area contributed by atoms with Crippen LogP contribution in [-0.2, 0) is 0 Å². The molecule has 0 heterocycles. The summed E-state index contributed by atoms with van der Waals surface area (Å²) in [5, 5.41) is 0. The lowest BCUT2D eigenvalue weighted by molar-refractivity contribution is 1.12. The number of benzene rings is 1. The number of aryl methyl sites for hydroxylation is 1. The van der Waals surface area contributed by atoms with Gasteiger partial charge in [0.15, 0.2) is 0 Å². The average molecular weight is 207 g/mol. The lowest BCUT2D eigenvalue weighted by Crippen LogP contribution is -1.89. The Bertz CT molecular complexity index is 331. The Morgan fingerprint density at radius 2 is 2.21 bits per heavy atom. The third-order valence-electron chi connectivity index (χ3n) is 2.18. The van der Waals surface area contributed by atoms with Crippen molar-refractivity contribution >= 4 is 17.4 Å². The lowest BCUT2D eigenvalue weighted by atomic mass is 10.2. The zero-order chi connectivity index (χ0) is 10.6. The van der Waals surface area contributed by atoms with Crippen LogP contribution in [0.25, 0.3) is 0 Å². The Hall–Kier alpha value is -0.890. The third-order valence-corrected chi connectivity index (χ3v) is 3.32. The molecule has 0 aliphatic carbocycles. The van der Waals surface area contributed by atoms with Crippen molar-refractivity contribution in [3.8, 4) is 0 Å². The molecule has 0 unspecified atom stereocenters. The molecule has 0 atom stereocenters. The summed E-state index contributed by atoms with van der Waals surface area (Å²) in [7, 11) is 0. The highest BCUT2D eigenvalue weighted by atomic mass is 32.2. The molecule has 0 spiro atoms. The van der Waals surface area contributed by atoms with Gasteiger partial charge in [-0.3, -0.25) is 0 Å². The fourth-order valence-electron chi connectivity index (χ4n) is 1.03. The van der Waals surface area contributed by atoms with Crippen molar-refractivity contribution < 1.29 is 0 Å². The van der Waals surface area contributed by atoms with Gasteiger partial charge < -0.3 is 5.73 Å². The standard InChI is InChI=1S/C12H17NS/c1-4-9(2)8-14-11-5-6-12(13)10(3)7-11/h5-7H,2,4,8,13H2,1,3H3. The highest BCUT2D eigenvalue weighted by Gasteiger charge is 1.98. The normalized spacial score (nSPS) is 10.1. The van der Waals surface area contributed by atoms with Crippen molar-refractivity contribution in [2.45, 2.75) is 25.2 Å². The van der Waals surface area contributed by atoms with E-state index in [2.05, 4.69) is 25.6 Å². The molecule has 0 bridgehead atoms. The van der Waals surface area contributed by atoms with E-state index < -0.39 is 0 Å². The Kier molecular flexibility index (Phi) is 4.08. The zero-order valence-corrected chi connectivity index (χ0v) is 9.66. The van der Waals surface area contributed by atoms with E-state index in [1.807, 2.05) is 24.8 Å². The molecule has 0 aliphatic heterocycles. The van der Waals surface area contributed by atoms with Crippen molar-refractivity contribution in [1.82, 2.24) is 0 Å². The van der Waals surface area contributed by atoms with Gasteiger partial charge in [-0.2, -0.15) is 0 Å². The molecule has 0 saturated carbocycles. The first kappa shape index (κ1) is 11.2. The molecule has 14 heavy (non-hydrogen) atoms. The molecule has 1 aromatic carbocycles. The first-order valence-corrected chi connectivity index (χ1v) is 5.77. The van der Waals surface area contributed by atoms with E-state index in [-0.39, 0.29) is 0 Å². The first-order valence-electron chi connectivity index (χ1n) is 4.79. The molecule has 2 heteroatoms. The Balaban J connectivity index is 2.60. The van der Waals surface area contributed by atoms with Gasteiger partial charge in [-0.05, 0) is 37.1 Å². The summed E-state index contributed by atoms with van der Waals surface area (Å²) in [5.41, 5.74) is 9.04. The monoisotopic (exact) mass is 207 g/mol. The molecule has 76 valence electrons. The van der Waals surface area contributed by atoms with Crippen LogP contribution >= 0.6 is 11.8 Å². The largest absolute Gasteiger partial charge is 0.399 e. The SMILES string of the molecule is C=C(CC)CSc1ccc(N)c(C)c1. The van der Waals surface area contributed by atoms with Crippen molar-refractivity contribution in [1.29, 1.82) is 0 Å². The third kappa shape index (κ3) is 3.11. The zero-order valence-electron chi connectivity index (χ0n) is 8.84. The second-order valence-corrected chi connectivity index (χ2v) is 4.46.